The average molecular weight is 325 g/mol. The van der Waals surface area contributed by atoms with Gasteiger partial charge in [-0.25, -0.2) is 4.79 Å². The van der Waals surface area contributed by atoms with E-state index in [1.807, 2.05) is 31.2 Å². The molecule has 0 aliphatic heterocycles. The quantitative estimate of drug-likeness (QED) is 0.881. The van der Waals surface area contributed by atoms with Crippen molar-refractivity contribution in [1.29, 1.82) is 0 Å². The second-order valence-corrected chi connectivity index (χ2v) is 6.23. The van der Waals surface area contributed by atoms with Crippen molar-refractivity contribution in [3.63, 3.8) is 0 Å². The first-order valence-corrected chi connectivity index (χ1v) is 8.41. The zero-order valence-corrected chi connectivity index (χ0v) is 14.0. The molecule has 0 saturated heterocycles. The molecule has 24 heavy (non-hydrogen) atoms. The van der Waals surface area contributed by atoms with E-state index >= 15 is 0 Å². The number of rotatable bonds is 5. The van der Waals surface area contributed by atoms with Crippen LogP contribution in [0.4, 0.5) is 4.79 Å². The first-order valence-electron chi connectivity index (χ1n) is 8.41. The molecule has 0 heterocycles. The van der Waals surface area contributed by atoms with Crippen LogP contribution in [0.2, 0.25) is 0 Å². The van der Waals surface area contributed by atoms with Gasteiger partial charge in [0.15, 0.2) is 0 Å². The molecule has 0 aromatic heterocycles. The van der Waals surface area contributed by atoms with E-state index in [-0.39, 0.29) is 18.6 Å². The van der Waals surface area contributed by atoms with Crippen LogP contribution in [0.25, 0.3) is 11.1 Å². The van der Waals surface area contributed by atoms with Crippen LogP contribution >= 0.6 is 0 Å². The number of aliphatic hydroxyl groups is 1. The summed E-state index contributed by atoms with van der Waals surface area (Å²) in [5, 5.41) is 12.4. The van der Waals surface area contributed by atoms with Crippen molar-refractivity contribution in [3.05, 3.63) is 59.7 Å². The number of amides is 1. The molecule has 126 valence electrons. The smallest absolute Gasteiger partial charge is 0.407 e. The molecule has 0 saturated carbocycles. The van der Waals surface area contributed by atoms with E-state index in [0.29, 0.717) is 6.42 Å². The summed E-state index contributed by atoms with van der Waals surface area (Å²) in [4.78, 5) is 12.0. The molecule has 1 aliphatic rings. The molecule has 2 aromatic carbocycles. The molecule has 2 aromatic rings. The highest BCUT2D eigenvalue weighted by atomic mass is 16.5. The molecular formula is C20H23NO3. The topological polar surface area (TPSA) is 58.6 Å². The van der Waals surface area contributed by atoms with Crippen molar-refractivity contribution in [2.24, 2.45) is 0 Å². The molecular weight excluding hydrogens is 302 g/mol. The number of carbonyl (C=O) groups is 1. The fourth-order valence-corrected chi connectivity index (χ4v) is 3.28. The molecule has 0 fully saturated rings. The fourth-order valence-electron chi connectivity index (χ4n) is 3.28. The Morgan fingerprint density at radius 3 is 2.21 bits per heavy atom. The number of fused-ring (bicyclic) bond motifs is 3. The Bertz CT molecular complexity index is 683. The van der Waals surface area contributed by atoms with E-state index in [4.69, 9.17) is 4.74 Å². The Kier molecular flexibility index (Phi) is 4.86. The number of aliphatic hydroxyl groups excluding tert-OH is 1. The van der Waals surface area contributed by atoms with E-state index in [1.54, 1.807) is 6.92 Å². The largest absolute Gasteiger partial charge is 0.449 e. The minimum Gasteiger partial charge on any atom is -0.449 e. The summed E-state index contributed by atoms with van der Waals surface area (Å²) in [6, 6.07) is 16.1. The Morgan fingerprint density at radius 2 is 1.67 bits per heavy atom. The Hall–Kier alpha value is -2.33. The van der Waals surface area contributed by atoms with Crippen molar-refractivity contribution in [1.82, 2.24) is 5.32 Å². The fraction of sp³-hybridized carbons (Fsp3) is 0.350. The maximum Gasteiger partial charge on any atom is 0.407 e. The van der Waals surface area contributed by atoms with Gasteiger partial charge in [0.25, 0.3) is 0 Å². The molecule has 3 rings (SSSR count). The predicted molar refractivity (Wildman–Crippen MR) is 94.0 cm³/mol. The number of carbonyl (C=O) groups excluding carboxylic acids is 1. The number of benzene rings is 2. The summed E-state index contributed by atoms with van der Waals surface area (Å²) in [6.07, 6.45) is -0.465. The summed E-state index contributed by atoms with van der Waals surface area (Å²) in [5.74, 6) is 0.0505. The van der Waals surface area contributed by atoms with Crippen LogP contribution in [0.15, 0.2) is 48.5 Å². The van der Waals surface area contributed by atoms with Crippen LogP contribution in [0, 0.1) is 0 Å². The lowest BCUT2D eigenvalue weighted by Gasteiger charge is -2.20. The van der Waals surface area contributed by atoms with Gasteiger partial charge in [-0.05, 0) is 35.6 Å². The summed E-state index contributed by atoms with van der Waals surface area (Å²) in [7, 11) is 0. The van der Waals surface area contributed by atoms with Crippen molar-refractivity contribution < 1.29 is 14.6 Å². The van der Waals surface area contributed by atoms with Crippen LogP contribution in [0.1, 0.15) is 37.3 Å². The van der Waals surface area contributed by atoms with Crippen molar-refractivity contribution in [2.75, 3.05) is 6.61 Å². The van der Waals surface area contributed by atoms with Crippen LogP contribution < -0.4 is 5.32 Å². The minimum atomic E-state index is -0.564. The van der Waals surface area contributed by atoms with Crippen LogP contribution in [-0.4, -0.2) is 30.0 Å². The predicted octanol–water partition coefficient (Wildman–Crippen LogP) is 3.68. The molecule has 2 unspecified atom stereocenters. The van der Waals surface area contributed by atoms with Gasteiger partial charge in [0, 0.05) is 5.92 Å². The number of nitrogens with one attached hydrogen (secondary N) is 1. The van der Waals surface area contributed by atoms with Gasteiger partial charge in [-0.3, -0.25) is 0 Å². The van der Waals surface area contributed by atoms with Gasteiger partial charge in [-0.2, -0.15) is 0 Å². The molecule has 4 nitrogen and oxygen atoms in total. The zero-order chi connectivity index (χ0) is 17.1. The SMILES string of the molecule is CCC(O)C(C)NC(=O)OCC1c2ccccc2-c2ccccc21. The molecule has 0 radical (unpaired) electrons. The highest BCUT2D eigenvalue weighted by Gasteiger charge is 2.29. The van der Waals surface area contributed by atoms with E-state index in [1.165, 1.54) is 22.3 Å². The molecule has 1 amide bonds. The lowest BCUT2D eigenvalue weighted by molar-refractivity contribution is 0.106. The number of hydrogen-bond donors (Lipinski definition) is 2. The third-order valence-corrected chi connectivity index (χ3v) is 4.68. The second-order valence-electron chi connectivity index (χ2n) is 6.23. The Morgan fingerprint density at radius 1 is 1.12 bits per heavy atom. The first-order chi connectivity index (χ1) is 11.6. The first kappa shape index (κ1) is 16.5. The number of hydrogen-bond acceptors (Lipinski definition) is 3. The molecule has 2 atom stereocenters. The Labute approximate surface area is 142 Å². The van der Waals surface area contributed by atoms with Crippen LogP contribution in [0.5, 0.6) is 0 Å². The van der Waals surface area contributed by atoms with Gasteiger partial charge in [-0.15, -0.1) is 0 Å². The molecule has 4 heteroatoms. The van der Waals surface area contributed by atoms with E-state index in [9.17, 15) is 9.90 Å². The third-order valence-electron chi connectivity index (χ3n) is 4.68. The van der Waals surface area contributed by atoms with Crippen LogP contribution in [0.3, 0.4) is 0 Å². The molecule has 0 bridgehead atoms. The van der Waals surface area contributed by atoms with E-state index < -0.39 is 12.2 Å². The molecule has 0 spiro atoms. The Balaban J connectivity index is 1.71. The van der Waals surface area contributed by atoms with Gasteiger partial charge in [-0.1, -0.05) is 55.5 Å². The van der Waals surface area contributed by atoms with Crippen LogP contribution in [-0.2, 0) is 4.74 Å². The van der Waals surface area contributed by atoms with Gasteiger partial charge >= 0.3 is 6.09 Å². The van der Waals surface area contributed by atoms with E-state index in [2.05, 4.69) is 29.6 Å². The minimum absolute atomic E-state index is 0.0505. The normalized spacial score (nSPS) is 15.3. The maximum absolute atomic E-state index is 12.0. The van der Waals surface area contributed by atoms with Gasteiger partial charge in [0.05, 0.1) is 12.1 Å². The van der Waals surface area contributed by atoms with Crippen molar-refractivity contribution >= 4 is 6.09 Å². The highest BCUT2D eigenvalue weighted by molar-refractivity contribution is 5.79. The molecule has 2 N–H and O–H groups in total. The summed E-state index contributed by atoms with van der Waals surface area (Å²) in [6.45, 7) is 3.94. The van der Waals surface area contributed by atoms with Gasteiger partial charge < -0.3 is 15.2 Å². The van der Waals surface area contributed by atoms with Crippen molar-refractivity contribution in [2.45, 2.75) is 38.3 Å². The number of alkyl carbamates (subject to hydrolysis) is 1. The monoisotopic (exact) mass is 325 g/mol. The maximum atomic E-state index is 12.0. The standard InChI is InChI=1S/C20H23NO3/c1-3-19(22)13(2)21-20(23)24-12-18-16-10-6-4-8-14(16)15-9-5-7-11-17(15)18/h4-11,13,18-19,22H,3,12H2,1-2H3,(H,21,23). The molecule has 1 aliphatic carbocycles. The van der Waals surface area contributed by atoms with E-state index in [0.717, 1.165) is 0 Å². The van der Waals surface area contributed by atoms with Gasteiger partial charge in [0.1, 0.15) is 6.61 Å². The van der Waals surface area contributed by atoms with Gasteiger partial charge in [0.2, 0.25) is 0 Å². The van der Waals surface area contributed by atoms with Crippen molar-refractivity contribution in [3.8, 4) is 11.1 Å². The summed E-state index contributed by atoms with van der Waals surface area (Å²) >= 11 is 0. The average Bonchev–Trinajstić information content (AvgIpc) is 2.93. The highest BCUT2D eigenvalue weighted by Crippen LogP contribution is 2.44. The lowest BCUT2D eigenvalue weighted by Crippen LogP contribution is -2.41. The summed E-state index contributed by atoms with van der Waals surface area (Å²) in [5.41, 5.74) is 4.79. The lowest BCUT2D eigenvalue weighted by atomic mass is 9.98. The zero-order valence-electron chi connectivity index (χ0n) is 14.0. The summed E-state index contributed by atoms with van der Waals surface area (Å²) < 4.78 is 5.44. The number of ether oxygens (including phenoxy) is 1. The second kappa shape index (κ2) is 7.05. The third kappa shape index (κ3) is 3.15.